The van der Waals surface area contributed by atoms with Crippen molar-refractivity contribution in [2.45, 2.75) is 69.2 Å². The van der Waals surface area contributed by atoms with E-state index in [0.717, 1.165) is 38.5 Å². The summed E-state index contributed by atoms with van der Waals surface area (Å²) < 4.78 is 28.9. The van der Waals surface area contributed by atoms with Gasteiger partial charge in [0, 0.05) is 31.7 Å². The summed E-state index contributed by atoms with van der Waals surface area (Å²) >= 11 is 0. The SMILES string of the molecule is CCc1c(N2CCCCC2=O)cccc1S(=O)(=O)N[C@@H](C(N)=O)C(=O)N1CCCCCC1. The minimum absolute atomic E-state index is 0.0418. The maximum atomic E-state index is 13.3. The Balaban J connectivity index is 1.92. The fraction of sp³-hybridized carbons (Fsp3) is 0.591. The molecule has 1 atom stereocenters. The van der Waals surface area contributed by atoms with Gasteiger partial charge >= 0.3 is 0 Å². The van der Waals surface area contributed by atoms with E-state index < -0.39 is 27.9 Å². The molecule has 0 spiro atoms. The molecule has 0 bridgehead atoms. The third-order valence-electron chi connectivity index (χ3n) is 6.09. The Morgan fingerprint density at radius 2 is 1.72 bits per heavy atom. The number of benzene rings is 1. The zero-order valence-corrected chi connectivity index (χ0v) is 19.3. The number of likely N-dealkylation sites (tertiary alicyclic amines) is 1. The number of nitrogens with two attached hydrogens (primary N) is 1. The van der Waals surface area contributed by atoms with Crippen molar-refractivity contribution in [2.75, 3.05) is 24.5 Å². The summed E-state index contributed by atoms with van der Waals surface area (Å²) in [5, 5.41) is 0. The quantitative estimate of drug-likeness (QED) is 0.588. The summed E-state index contributed by atoms with van der Waals surface area (Å²) in [6.45, 7) is 3.27. The Labute approximate surface area is 189 Å². The molecule has 2 heterocycles. The van der Waals surface area contributed by atoms with E-state index in [1.54, 1.807) is 24.0 Å². The van der Waals surface area contributed by atoms with E-state index >= 15 is 0 Å². The average Bonchev–Trinajstić information content (AvgIpc) is 3.06. The molecular formula is C22H32N4O5S. The van der Waals surface area contributed by atoms with E-state index in [1.807, 2.05) is 0 Å². The first-order valence-electron chi connectivity index (χ1n) is 11.3. The molecular weight excluding hydrogens is 432 g/mol. The topological polar surface area (TPSA) is 130 Å². The number of nitrogens with zero attached hydrogens (tertiary/aromatic N) is 2. The number of carbonyl (C=O) groups excluding carboxylic acids is 3. The van der Waals surface area contributed by atoms with Gasteiger partial charge in [-0.05, 0) is 49.8 Å². The van der Waals surface area contributed by atoms with Gasteiger partial charge in [0.05, 0.1) is 4.90 Å². The molecule has 0 unspecified atom stereocenters. The second kappa shape index (κ2) is 10.4. The van der Waals surface area contributed by atoms with Gasteiger partial charge in [0.25, 0.3) is 0 Å². The second-order valence-electron chi connectivity index (χ2n) is 8.31. The number of sulfonamides is 1. The third kappa shape index (κ3) is 5.29. The third-order valence-corrected chi connectivity index (χ3v) is 7.60. The van der Waals surface area contributed by atoms with Crippen LogP contribution in [0.3, 0.4) is 0 Å². The number of rotatable bonds is 7. The number of piperidine rings is 1. The lowest BCUT2D eigenvalue weighted by Gasteiger charge is -2.30. The van der Waals surface area contributed by atoms with Crippen LogP contribution in [0.15, 0.2) is 23.1 Å². The predicted octanol–water partition coefficient (Wildman–Crippen LogP) is 1.30. The average molecular weight is 465 g/mol. The van der Waals surface area contributed by atoms with Gasteiger partial charge in [-0.25, -0.2) is 8.42 Å². The Kier molecular flexibility index (Phi) is 7.89. The first-order valence-corrected chi connectivity index (χ1v) is 12.8. The zero-order valence-electron chi connectivity index (χ0n) is 18.5. The van der Waals surface area contributed by atoms with E-state index in [-0.39, 0.29) is 10.8 Å². The molecule has 10 heteroatoms. The van der Waals surface area contributed by atoms with Crippen molar-refractivity contribution in [3.05, 3.63) is 23.8 Å². The van der Waals surface area contributed by atoms with Gasteiger partial charge in [-0.3, -0.25) is 14.4 Å². The maximum absolute atomic E-state index is 13.3. The van der Waals surface area contributed by atoms with Crippen LogP contribution < -0.4 is 15.4 Å². The molecule has 2 aliphatic heterocycles. The van der Waals surface area contributed by atoms with Crippen molar-refractivity contribution in [3.63, 3.8) is 0 Å². The van der Waals surface area contributed by atoms with Gasteiger partial charge in [0.15, 0.2) is 6.04 Å². The van der Waals surface area contributed by atoms with E-state index in [2.05, 4.69) is 4.72 Å². The van der Waals surface area contributed by atoms with Crippen molar-refractivity contribution < 1.29 is 22.8 Å². The molecule has 9 nitrogen and oxygen atoms in total. The van der Waals surface area contributed by atoms with Crippen LogP contribution in [0.25, 0.3) is 0 Å². The molecule has 1 aromatic carbocycles. The van der Waals surface area contributed by atoms with Crippen LogP contribution in [0.5, 0.6) is 0 Å². The van der Waals surface area contributed by atoms with Gasteiger partial charge in [0.2, 0.25) is 27.7 Å². The zero-order chi connectivity index (χ0) is 23.3. The van der Waals surface area contributed by atoms with E-state index in [1.165, 1.54) is 11.0 Å². The smallest absolute Gasteiger partial charge is 0.250 e. The highest BCUT2D eigenvalue weighted by molar-refractivity contribution is 7.89. The standard InChI is InChI=1S/C22H32N4O5S/c1-2-16-17(26-15-8-5-12-19(26)27)10-9-11-18(16)32(30,31)24-20(21(23)28)22(29)25-13-6-3-4-7-14-25/h9-11,20,24H,2-8,12-15H2,1H3,(H2,23,28)/t20-/m0/s1. The lowest BCUT2D eigenvalue weighted by atomic mass is 10.1. The van der Waals surface area contributed by atoms with Crippen LogP contribution in [0.2, 0.25) is 0 Å². The minimum atomic E-state index is -4.26. The van der Waals surface area contributed by atoms with Crippen LogP contribution in [-0.4, -0.2) is 56.7 Å². The molecule has 32 heavy (non-hydrogen) atoms. The van der Waals surface area contributed by atoms with Crippen molar-refractivity contribution in [3.8, 4) is 0 Å². The molecule has 2 saturated heterocycles. The number of amides is 3. The Hall–Kier alpha value is -2.46. The van der Waals surface area contributed by atoms with Gasteiger partial charge < -0.3 is 15.5 Å². The summed E-state index contributed by atoms with van der Waals surface area (Å²) in [5.74, 6) is -1.70. The highest BCUT2D eigenvalue weighted by atomic mass is 32.2. The second-order valence-corrected chi connectivity index (χ2v) is 9.99. The molecule has 3 amide bonds. The molecule has 0 radical (unpaired) electrons. The largest absolute Gasteiger partial charge is 0.368 e. The van der Waals surface area contributed by atoms with E-state index in [0.29, 0.717) is 43.7 Å². The maximum Gasteiger partial charge on any atom is 0.250 e. The first-order chi connectivity index (χ1) is 15.3. The van der Waals surface area contributed by atoms with Crippen LogP contribution in [0.1, 0.15) is 57.4 Å². The molecule has 0 aliphatic carbocycles. The lowest BCUT2D eigenvalue weighted by molar-refractivity contribution is -0.137. The van der Waals surface area contributed by atoms with Crippen LogP contribution in [0.4, 0.5) is 5.69 Å². The Morgan fingerprint density at radius 3 is 2.31 bits per heavy atom. The van der Waals surface area contributed by atoms with Gasteiger partial charge in [0.1, 0.15) is 0 Å². The fourth-order valence-electron chi connectivity index (χ4n) is 4.40. The monoisotopic (exact) mass is 464 g/mol. The fourth-order valence-corrected chi connectivity index (χ4v) is 5.88. The van der Waals surface area contributed by atoms with Crippen molar-refractivity contribution >= 4 is 33.4 Å². The summed E-state index contributed by atoms with van der Waals surface area (Å²) in [5.41, 5.74) is 6.46. The summed E-state index contributed by atoms with van der Waals surface area (Å²) in [6, 6.07) is 3.05. The predicted molar refractivity (Wildman–Crippen MR) is 120 cm³/mol. The van der Waals surface area contributed by atoms with Gasteiger partial charge in [-0.2, -0.15) is 4.72 Å². The van der Waals surface area contributed by atoms with Crippen molar-refractivity contribution in [1.29, 1.82) is 0 Å². The summed E-state index contributed by atoms with van der Waals surface area (Å²) in [4.78, 5) is 40.6. The first kappa shape index (κ1) is 24.2. The highest BCUT2D eigenvalue weighted by Gasteiger charge is 2.35. The number of carbonyl (C=O) groups is 3. The highest BCUT2D eigenvalue weighted by Crippen LogP contribution is 2.30. The summed E-state index contributed by atoms with van der Waals surface area (Å²) in [7, 11) is -4.26. The number of nitrogens with one attached hydrogen (secondary N) is 1. The molecule has 2 fully saturated rings. The Morgan fingerprint density at radius 1 is 1.06 bits per heavy atom. The van der Waals surface area contributed by atoms with Gasteiger partial charge in [-0.1, -0.05) is 25.8 Å². The van der Waals surface area contributed by atoms with Crippen LogP contribution >= 0.6 is 0 Å². The van der Waals surface area contributed by atoms with Crippen LogP contribution in [-0.2, 0) is 30.8 Å². The Bertz CT molecular complexity index is 971. The molecule has 176 valence electrons. The molecule has 3 N–H and O–H groups in total. The normalized spacial score (nSPS) is 18.8. The number of anilines is 1. The molecule has 2 aliphatic rings. The number of primary amides is 1. The molecule has 0 saturated carbocycles. The molecule has 1 aromatic rings. The van der Waals surface area contributed by atoms with Crippen molar-refractivity contribution in [1.82, 2.24) is 9.62 Å². The number of hydrogen-bond donors (Lipinski definition) is 2. The van der Waals surface area contributed by atoms with Crippen LogP contribution in [0, 0.1) is 0 Å². The van der Waals surface area contributed by atoms with E-state index in [4.69, 9.17) is 5.73 Å². The van der Waals surface area contributed by atoms with Crippen molar-refractivity contribution in [2.24, 2.45) is 5.73 Å². The van der Waals surface area contributed by atoms with Gasteiger partial charge in [-0.15, -0.1) is 0 Å². The number of hydrogen-bond acceptors (Lipinski definition) is 5. The summed E-state index contributed by atoms with van der Waals surface area (Å²) in [6.07, 6.45) is 6.01. The minimum Gasteiger partial charge on any atom is -0.368 e. The van der Waals surface area contributed by atoms with E-state index in [9.17, 15) is 22.8 Å². The molecule has 0 aromatic heterocycles. The molecule has 3 rings (SSSR count). The lowest BCUT2D eigenvalue weighted by Crippen LogP contribution is -2.55.